The molecule has 3 rings (SSSR count). The van der Waals surface area contributed by atoms with Gasteiger partial charge in [0.1, 0.15) is 0 Å². The molecule has 1 fully saturated rings. The van der Waals surface area contributed by atoms with Crippen molar-refractivity contribution in [2.24, 2.45) is 11.8 Å². The number of rotatable bonds is 7. The van der Waals surface area contributed by atoms with Crippen LogP contribution in [-0.2, 0) is 17.6 Å². The number of likely N-dealkylation sites (tertiary alicyclic amines) is 1. The van der Waals surface area contributed by atoms with Gasteiger partial charge in [0.25, 0.3) is 0 Å². The molecule has 0 bridgehead atoms. The van der Waals surface area contributed by atoms with Gasteiger partial charge in [-0.3, -0.25) is 9.69 Å². The standard InChI is InChI=1S/C21H35N5O/c1-4-6-8-25(3)20(27)10-15-9-16-11-18-17(13-23-21(22)24-18)12-19(16)26(14-15)7-5-2/h13,15-16,19H,4-12,14H2,1-3H3,(H2,22,23,24)/t15-,16-,19-/m1/s1. The molecule has 27 heavy (non-hydrogen) atoms. The van der Waals surface area contributed by atoms with Gasteiger partial charge in [0.15, 0.2) is 0 Å². The molecule has 1 aliphatic heterocycles. The van der Waals surface area contributed by atoms with Gasteiger partial charge < -0.3 is 10.6 Å². The molecule has 3 atom stereocenters. The number of fused-ring (bicyclic) bond motifs is 2. The van der Waals surface area contributed by atoms with Crippen molar-refractivity contribution in [1.82, 2.24) is 19.8 Å². The molecule has 6 nitrogen and oxygen atoms in total. The molecule has 150 valence electrons. The predicted molar refractivity (Wildman–Crippen MR) is 108 cm³/mol. The molecule has 2 heterocycles. The highest BCUT2D eigenvalue weighted by molar-refractivity contribution is 5.76. The van der Waals surface area contributed by atoms with E-state index in [4.69, 9.17) is 5.73 Å². The van der Waals surface area contributed by atoms with Crippen LogP contribution in [0.25, 0.3) is 0 Å². The van der Waals surface area contributed by atoms with Crippen molar-refractivity contribution in [2.45, 2.75) is 64.8 Å². The number of amides is 1. The molecule has 0 aromatic carbocycles. The van der Waals surface area contributed by atoms with Crippen LogP contribution in [0, 0.1) is 11.8 Å². The fourth-order valence-corrected chi connectivity index (χ4v) is 4.83. The molecule has 1 aromatic rings. The van der Waals surface area contributed by atoms with Crippen molar-refractivity contribution >= 4 is 11.9 Å². The maximum Gasteiger partial charge on any atom is 0.222 e. The second-order valence-corrected chi connectivity index (χ2v) is 8.41. The van der Waals surface area contributed by atoms with Crippen LogP contribution < -0.4 is 5.73 Å². The molecule has 2 aliphatic rings. The second kappa shape index (κ2) is 9.00. The van der Waals surface area contributed by atoms with Gasteiger partial charge in [-0.15, -0.1) is 0 Å². The first-order chi connectivity index (χ1) is 13.0. The Morgan fingerprint density at radius 1 is 1.33 bits per heavy atom. The van der Waals surface area contributed by atoms with E-state index >= 15 is 0 Å². The minimum Gasteiger partial charge on any atom is -0.368 e. The zero-order valence-corrected chi connectivity index (χ0v) is 17.2. The average molecular weight is 374 g/mol. The molecule has 6 heteroatoms. The van der Waals surface area contributed by atoms with Gasteiger partial charge >= 0.3 is 0 Å². The Morgan fingerprint density at radius 2 is 2.15 bits per heavy atom. The quantitative estimate of drug-likeness (QED) is 0.795. The van der Waals surface area contributed by atoms with Crippen LogP contribution >= 0.6 is 0 Å². The van der Waals surface area contributed by atoms with E-state index in [2.05, 4.69) is 28.7 Å². The zero-order valence-electron chi connectivity index (χ0n) is 17.2. The van der Waals surface area contributed by atoms with Crippen molar-refractivity contribution in [3.8, 4) is 0 Å². The van der Waals surface area contributed by atoms with E-state index in [-0.39, 0.29) is 0 Å². The third kappa shape index (κ3) is 4.78. The summed E-state index contributed by atoms with van der Waals surface area (Å²) in [6.07, 6.45) is 9.02. The Bertz CT molecular complexity index is 649. The SMILES string of the molecule is CCCCN(C)C(=O)C[C@H]1C[C@@H]2Cc3nc(N)ncc3C[C@H]2N(CCC)C1. The van der Waals surface area contributed by atoms with Crippen LogP contribution in [0.15, 0.2) is 6.20 Å². The number of nitrogens with zero attached hydrogens (tertiary/aromatic N) is 4. The molecule has 0 unspecified atom stereocenters. The predicted octanol–water partition coefficient (Wildman–Crippen LogP) is 2.52. The first-order valence-corrected chi connectivity index (χ1v) is 10.6. The zero-order chi connectivity index (χ0) is 19.4. The summed E-state index contributed by atoms with van der Waals surface area (Å²) < 4.78 is 0. The first-order valence-electron chi connectivity index (χ1n) is 10.6. The second-order valence-electron chi connectivity index (χ2n) is 8.41. The fraction of sp³-hybridized carbons (Fsp3) is 0.762. The Morgan fingerprint density at radius 3 is 2.89 bits per heavy atom. The van der Waals surface area contributed by atoms with Gasteiger partial charge in [0.05, 0.1) is 0 Å². The largest absolute Gasteiger partial charge is 0.368 e. The normalized spacial score (nSPS) is 24.9. The Hall–Kier alpha value is -1.69. The number of carbonyl (C=O) groups excluding carboxylic acids is 1. The molecule has 2 N–H and O–H groups in total. The van der Waals surface area contributed by atoms with Crippen LogP contribution in [0.5, 0.6) is 0 Å². The van der Waals surface area contributed by atoms with Crippen LogP contribution in [0.1, 0.15) is 57.2 Å². The number of nitrogens with two attached hydrogens (primary N) is 1. The van der Waals surface area contributed by atoms with Crippen molar-refractivity contribution < 1.29 is 4.79 Å². The van der Waals surface area contributed by atoms with E-state index in [1.54, 1.807) is 0 Å². The minimum absolute atomic E-state index is 0.297. The van der Waals surface area contributed by atoms with Crippen LogP contribution in [-0.4, -0.2) is 58.4 Å². The summed E-state index contributed by atoms with van der Waals surface area (Å²) in [5.74, 6) is 1.67. The summed E-state index contributed by atoms with van der Waals surface area (Å²) in [6, 6.07) is 0.550. The number of piperidine rings is 1. The number of hydrogen-bond acceptors (Lipinski definition) is 5. The number of nitrogen functional groups attached to an aromatic ring is 1. The summed E-state index contributed by atoms with van der Waals surface area (Å²) in [4.78, 5) is 25.9. The van der Waals surface area contributed by atoms with Crippen LogP contribution in [0.4, 0.5) is 5.95 Å². The summed E-state index contributed by atoms with van der Waals surface area (Å²) >= 11 is 0. The van der Waals surface area contributed by atoms with Gasteiger partial charge in [-0.25, -0.2) is 9.97 Å². The molecule has 1 saturated heterocycles. The monoisotopic (exact) mass is 373 g/mol. The van der Waals surface area contributed by atoms with E-state index in [1.807, 2.05) is 18.1 Å². The molecule has 1 aromatic heterocycles. The van der Waals surface area contributed by atoms with Crippen LogP contribution in [0.3, 0.4) is 0 Å². The van der Waals surface area contributed by atoms with E-state index in [0.29, 0.717) is 36.2 Å². The Balaban J connectivity index is 1.69. The average Bonchev–Trinajstić information content (AvgIpc) is 2.64. The molecule has 0 radical (unpaired) electrons. The highest BCUT2D eigenvalue weighted by Crippen LogP contribution is 2.37. The fourth-order valence-electron chi connectivity index (χ4n) is 4.83. The van der Waals surface area contributed by atoms with Gasteiger partial charge in [-0.2, -0.15) is 0 Å². The summed E-state index contributed by atoms with van der Waals surface area (Å²) in [7, 11) is 1.95. The van der Waals surface area contributed by atoms with Gasteiger partial charge in [-0.05, 0) is 56.0 Å². The maximum atomic E-state index is 12.7. The third-order valence-electron chi connectivity index (χ3n) is 6.25. The molecular weight excluding hydrogens is 338 g/mol. The lowest BCUT2D eigenvalue weighted by molar-refractivity contribution is -0.131. The first kappa shape index (κ1) is 20.1. The van der Waals surface area contributed by atoms with E-state index in [0.717, 1.165) is 63.9 Å². The van der Waals surface area contributed by atoms with E-state index in [1.165, 1.54) is 5.56 Å². The van der Waals surface area contributed by atoms with Crippen molar-refractivity contribution in [3.05, 3.63) is 17.5 Å². The van der Waals surface area contributed by atoms with Gasteiger partial charge in [0.2, 0.25) is 11.9 Å². The van der Waals surface area contributed by atoms with Crippen LogP contribution in [0.2, 0.25) is 0 Å². The maximum absolute atomic E-state index is 12.7. The lowest BCUT2D eigenvalue weighted by Gasteiger charge is -2.47. The smallest absolute Gasteiger partial charge is 0.222 e. The Labute approximate surface area is 163 Å². The molecule has 1 aliphatic carbocycles. The summed E-state index contributed by atoms with van der Waals surface area (Å²) in [5.41, 5.74) is 8.18. The third-order valence-corrected chi connectivity index (χ3v) is 6.25. The lowest BCUT2D eigenvalue weighted by atomic mass is 9.73. The highest BCUT2D eigenvalue weighted by atomic mass is 16.2. The molecule has 0 spiro atoms. The van der Waals surface area contributed by atoms with Crippen molar-refractivity contribution in [3.63, 3.8) is 0 Å². The summed E-state index contributed by atoms with van der Waals surface area (Å²) in [5, 5.41) is 0. The van der Waals surface area contributed by atoms with E-state index < -0.39 is 0 Å². The van der Waals surface area contributed by atoms with Gasteiger partial charge in [0, 0.05) is 44.5 Å². The molecule has 0 saturated carbocycles. The summed E-state index contributed by atoms with van der Waals surface area (Å²) in [6.45, 7) is 7.41. The topological polar surface area (TPSA) is 75.3 Å². The minimum atomic E-state index is 0.297. The van der Waals surface area contributed by atoms with Crippen molar-refractivity contribution in [1.29, 1.82) is 0 Å². The number of unbranched alkanes of at least 4 members (excludes halogenated alkanes) is 1. The van der Waals surface area contributed by atoms with E-state index in [9.17, 15) is 4.79 Å². The Kier molecular flexibility index (Phi) is 6.68. The van der Waals surface area contributed by atoms with Crippen molar-refractivity contribution in [2.75, 3.05) is 32.4 Å². The highest BCUT2D eigenvalue weighted by Gasteiger charge is 2.40. The number of anilines is 1. The van der Waals surface area contributed by atoms with Gasteiger partial charge in [-0.1, -0.05) is 20.3 Å². The molecular formula is C21H35N5O. The molecule has 1 amide bonds. The lowest BCUT2D eigenvalue weighted by Crippen LogP contribution is -2.53. The number of aromatic nitrogens is 2. The number of carbonyl (C=O) groups is 1. The number of hydrogen-bond donors (Lipinski definition) is 1.